The van der Waals surface area contributed by atoms with Crippen LogP contribution in [0.3, 0.4) is 0 Å². The Kier molecular flexibility index (Phi) is 11.9. The normalized spacial score (nSPS) is 20.7. The molecule has 9 heteroatoms. The molecule has 0 radical (unpaired) electrons. The first-order chi connectivity index (χ1) is 14.2. The highest BCUT2D eigenvalue weighted by atomic mass is 127. The first-order valence-electron chi connectivity index (χ1n) is 11.3. The molecule has 1 unspecified atom stereocenters. The third-order valence-corrected chi connectivity index (χ3v) is 5.63. The lowest BCUT2D eigenvalue weighted by molar-refractivity contribution is -0.146. The molecule has 2 heterocycles. The Morgan fingerprint density at radius 1 is 1.10 bits per heavy atom. The number of methoxy groups -OCH3 is 1. The molecular formula is C22H41IN4O4. The van der Waals surface area contributed by atoms with E-state index in [0.29, 0.717) is 5.92 Å². The number of carbonyl (C=O) groups is 2. The van der Waals surface area contributed by atoms with E-state index in [9.17, 15) is 9.59 Å². The van der Waals surface area contributed by atoms with Gasteiger partial charge in [-0.05, 0) is 65.7 Å². The van der Waals surface area contributed by atoms with Crippen LogP contribution < -0.4 is 5.32 Å². The van der Waals surface area contributed by atoms with E-state index in [2.05, 4.69) is 17.1 Å². The minimum atomic E-state index is -0.462. The molecule has 2 saturated heterocycles. The summed E-state index contributed by atoms with van der Waals surface area (Å²) in [6, 6.07) is 0. The Morgan fingerprint density at radius 3 is 2.35 bits per heavy atom. The number of halogens is 1. The van der Waals surface area contributed by atoms with Crippen molar-refractivity contribution in [3.05, 3.63) is 0 Å². The second-order valence-corrected chi connectivity index (χ2v) is 9.24. The molecule has 0 aromatic carbocycles. The number of piperidine rings is 2. The monoisotopic (exact) mass is 552 g/mol. The number of carbonyl (C=O) groups excluding carboxylic acids is 2. The molecule has 1 N–H and O–H groups in total. The average molecular weight is 552 g/mol. The van der Waals surface area contributed by atoms with Crippen molar-refractivity contribution in [3.63, 3.8) is 0 Å². The SMILES string of the molecule is CCNC(=NCCC1CCCN(C(=O)OC(C)(C)C)C1)N1CCC(C(=O)OC)CC1.I. The van der Waals surface area contributed by atoms with Gasteiger partial charge in [-0.3, -0.25) is 9.79 Å². The molecule has 0 aromatic rings. The van der Waals surface area contributed by atoms with Gasteiger partial charge in [0, 0.05) is 39.3 Å². The molecule has 2 aliphatic rings. The highest BCUT2D eigenvalue weighted by Gasteiger charge is 2.28. The molecule has 0 aliphatic carbocycles. The number of aliphatic imine (C=N–C) groups is 1. The quantitative estimate of drug-likeness (QED) is 0.244. The lowest BCUT2D eigenvalue weighted by Gasteiger charge is -2.34. The van der Waals surface area contributed by atoms with Crippen LogP contribution in [0.25, 0.3) is 0 Å². The minimum absolute atomic E-state index is 0. The van der Waals surface area contributed by atoms with Crippen molar-refractivity contribution in [2.75, 3.05) is 46.4 Å². The number of hydrogen-bond donors (Lipinski definition) is 1. The van der Waals surface area contributed by atoms with Gasteiger partial charge in [0.1, 0.15) is 5.60 Å². The molecule has 2 fully saturated rings. The molecule has 2 aliphatic heterocycles. The van der Waals surface area contributed by atoms with Gasteiger partial charge in [-0.2, -0.15) is 0 Å². The summed E-state index contributed by atoms with van der Waals surface area (Å²) in [5.41, 5.74) is -0.462. The van der Waals surface area contributed by atoms with Crippen molar-refractivity contribution in [3.8, 4) is 0 Å². The van der Waals surface area contributed by atoms with E-state index in [1.165, 1.54) is 7.11 Å². The van der Waals surface area contributed by atoms with Crippen LogP contribution in [0.15, 0.2) is 4.99 Å². The number of nitrogens with zero attached hydrogens (tertiary/aromatic N) is 3. The fourth-order valence-electron chi connectivity index (χ4n) is 4.07. The smallest absolute Gasteiger partial charge is 0.410 e. The summed E-state index contributed by atoms with van der Waals surface area (Å²) in [6.45, 7) is 12.4. The second kappa shape index (κ2) is 13.3. The molecule has 8 nitrogen and oxygen atoms in total. The number of ether oxygens (including phenoxy) is 2. The third kappa shape index (κ3) is 9.41. The molecule has 0 bridgehead atoms. The van der Waals surface area contributed by atoms with Crippen LogP contribution in [0.4, 0.5) is 4.79 Å². The Balaban J connectivity index is 0.00000480. The number of nitrogens with one attached hydrogen (secondary N) is 1. The van der Waals surface area contributed by atoms with E-state index < -0.39 is 5.60 Å². The molecule has 0 saturated carbocycles. The van der Waals surface area contributed by atoms with Gasteiger partial charge in [-0.15, -0.1) is 24.0 Å². The lowest BCUT2D eigenvalue weighted by Crippen LogP contribution is -2.47. The van der Waals surface area contributed by atoms with Crippen molar-refractivity contribution in [2.45, 2.75) is 65.4 Å². The summed E-state index contributed by atoms with van der Waals surface area (Å²) in [4.78, 5) is 33.0. The number of amides is 1. The number of hydrogen-bond acceptors (Lipinski definition) is 5. The van der Waals surface area contributed by atoms with Gasteiger partial charge in [-0.25, -0.2) is 4.79 Å². The molecule has 180 valence electrons. The van der Waals surface area contributed by atoms with Gasteiger partial charge in [0.25, 0.3) is 0 Å². The van der Waals surface area contributed by atoms with Gasteiger partial charge in [0.15, 0.2) is 5.96 Å². The van der Waals surface area contributed by atoms with E-state index in [1.807, 2.05) is 25.7 Å². The maximum absolute atomic E-state index is 12.4. The molecule has 2 rings (SSSR count). The first kappa shape index (κ1) is 27.8. The molecule has 1 amide bonds. The number of guanidine groups is 1. The molecule has 0 aromatic heterocycles. The minimum Gasteiger partial charge on any atom is -0.469 e. The Hall–Kier alpha value is -1.26. The largest absolute Gasteiger partial charge is 0.469 e. The maximum atomic E-state index is 12.4. The summed E-state index contributed by atoms with van der Waals surface area (Å²) in [7, 11) is 1.45. The molecule has 0 spiro atoms. The standard InChI is InChI=1S/C22H40N4O4.HI/c1-6-23-20(25-14-10-18(11-15-25)19(27)29-5)24-12-9-17-8-7-13-26(16-17)21(28)30-22(2,3)4;/h17-18H,6-16H2,1-5H3,(H,23,24);1H. The zero-order chi connectivity index (χ0) is 22.1. The van der Waals surface area contributed by atoms with Gasteiger partial charge < -0.3 is 24.6 Å². The lowest BCUT2D eigenvalue weighted by atomic mass is 9.95. The highest BCUT2D eigenvalue weighted by molar-refractivity contribution is 14.0. The summed E-state index contributed by atoms with van der Waals surface area (Å²) < 4.78 is 10.4. The van der Waals surface area contributed by atoms with E-state index in [0.717, 1.165) is 77.3 Å². The van der Waals surface area contributed by atoms with Crippen LogP contribution in [0.2, 0.25) is 0 Å². The van der Waals surface area contributed by atoms with Crippen molar-refractivity contribution in [1.29, 1.82) is 0 Å². The third-order valence-electron chi connectivity index (χ3n) is 5.63. The molecule has 1 atom stereocenters. The van der Waals surface area contributed by atoms with E-state index in [4.69, 9.17) is 14.5 Å². The maximum Gasteiger partial charge on any atom is 0.410 e. The van der Waals surface area contributed by atoms with Crippen LogP contribution in [0, 0.1) is 11.8 Å². The predicted octanol–water partition coefficient (Wildman–Crippen LogP) is 3.49. The summed E-state index contributed by atoms with van der Waals surface area (Å²) in [5.74, 6) is 1.25. The van der Waals surface area contributed by atoms with Gasteiger partial charge >= 0.3 is 12.1 Å². The van der Waals surface area contributed by atoms with E-state index in [-0.39, 0.29) is 42.0 Å². The fraction of sp³-hybridized carbons (Fsp3) is 0.864. The van der Waals surface area contributed by atoms with Crippen molar-refractivity contribution < 1.29 is 19.1 Å². The highest BCUT2D eigenvalue weighted by Crippen LogP contribution is 2.22. The van der Waals surface area contributed by atoms with Crippen LogP contribution in [-0.4, -0.2) is 79.8 Å². The molecule has 31 heavy (non-hydrogen) atoms. The predicted molar refractivity (Wildman–Crippen MR) is 133 cm³/mol. The van der Waals surface area contributed by atoms with Gasteiger partial charge in [0.2, 0.25) is 0 Å². The Labute approximate surface area is 204 Å². The number of esters is 1. The van der Waals surface area contributed by atoms with Crippen LogP contribution in [-0.2, 0) is 14.3 Å². The Morgan fingerprint density at radius 2 is 1.77 bits per heavy atom. The Bertz CT molecular complexity index is 601. The zero-order valence-electron chi connectivity index (χ0n) is 19.8. The summed E-state index contributed by atoms with van der Waals surface area (Å²) in [6.07, 6.45) is 4.46. The van der Waals surface area contributed by atoms with Crippen LogP contribution in [0.1, 0.15) is 59.8 Å². The van der Waals surface area contributed by atoms with E-state index >= 15 is 0 Å². The fourth-order valence-corrected chi connectivity index (χ4v) is 4.07. The first-order valence-corrected chi connectivity index (χ1v) is 11.3. The van der Waals surface area contributed by atoms with Crippen LogP contribution >= 0.6 is 24.0 Å². The van der Waals surface area contributed by atoms with Crippen molar-refractivity contribution in [2.24, 2.45) is 16.8 Å². The zero-order valence-corrected chi connectivity index (χ0v) is 22.1. The molecular weight excluding hydrogens is 511 g/mol. The van der Waals surface area contributed by atoms with Crippen LogP contribution in [0.5, 0.6) is 0 Å². The van der Waals surface area contributed by atoms with Crippen molar-refractivity contribution >= 4 is 42.0 Å². The topological polar surface area (TPSA) is 83.5 Å². The number of likely N-dealkylation sites (tertiary alicyclic amines) is 2. The summed E-state index contributed by atoms with van der Waals surface area (Å²) >= 11 is 0. The van der Waals surface area contributed by atoms with Crippen molar-refractivity contribution in [1.82, 2.24) is 15.1 Å². The second-order valence-electron chi connectivity index (χ2n) is 9.24. The summed E-state index contributed by atoms with van der Waals surface area (Å²) in [5, 5.41) is 3.38. The van der Waals surface area contributed by atoms with Gasteiger partial charge in [-0.1, -0.05) is 0 Å². The number of rotatable bonds is 5. The average Bonchev–Trinajstić information content (AvgIpc) is 2.71. The van der Waals surface area contributed by atoms with E-state index in [1.54, 1.807) is 0 Å². The van der Waals surface area contributed by atoms with Gasteiger partial charge in [0.05, 0.1) is 13.0 Å².